The van der Waals surface area contributed by atoms with Gasteiger partial charge in [-0.3, -0.25) is 4.79 Å². The zero-order valence-corrected chi connectivity index (χ0v) is 11.9. The Labute approximate surface area is 124 Å². The molecule has 0 radical (unpaired) electrons. The molecule has 0 aromatic heterocycles. The van der Waals surface area contributed by atoms with Crippen LogP contribution in [0.4, 0.5) is 4.39 Å². The first-order chi connectivity index (χ1) is 9.60. The summed E-state index contributed by atoms with van der Waals surface area (Å²) in [7, 11) is 0. The van der Waals surface area contributed by atoms with Gasteiger partial charge in [-0.1, -0.05) is 12.1 Å². The molecule has 1 amide bonds. The standard InChI is InChI=1S/C15H10BrFN2O/c16-13-5-4-12(7-14(13)17)15(20)19-9-11-3-1-2-10(6-11)8-18/h1-7H,9H2,(H,19,20). The van der Waals surface area contributed by atoms with E-state index in [9.17, 15) is 9.18 Å². The van der Waals surface area contributed by atoms with Crippen LogP contribution in [0.15, 0.2) is 46.9 Å². The molecule has 0 spiro atoms. The summed E-state index contributed by atoms with van der Waals surface area (Å²) in [5.74, 6) is -0.845. The van der Waals surface area contributed by atoms with Gasteiger partial charge in [0.25, 0.3) is 5.91 Å². The number of carbonyl (C=O) groups excluding carboxylic acids is 1. The molecule has 2 aromatic carbocycles. The van der Waals surface area contributed by atoms with Crippen molar-refractivity contribution >= 4 is 21.8 Å². The molecule has 3 nitrogen and oxygen atoms in total. The summed E-state index contributed by atoms with van der Waals surface area (Å²) in [6.07, 6.45) is 0. The van der Waals surface area contributed by atoms with Crippen molar-refractivity contribution in [2.24, 2.45) is 0 Å². The summed E-state index contributed by atoms with van der Waals surface area (Å²) in [5.41, 5.74) is 1.60. The third kappa shape index (κ3) is 3.43. The zero-order chi connectivity index (χ0) is 14.5. The summed E-state index contributed by atoms with van der Waals surface area (Å²) in [6, 6.07) is 13.2. The van der Waals surface area contributed by atoms with Crippen LogP contribution in [0.25, 0.3) is 0 Å². The summed E-state index contributed by atoms with van der Waals surface area (Å²) in [6.45, 7) is 0.284. The van der Waals surface area contributed by atoms with Gasteiger partial charge in [-0.05, 0) is 51.8 Å². The maximum absolute atomic E-state index is 13.3. The first kappa shape index (κ1) is 14.2. The van der Waals surface area contributed by atoms with Crippen molar-refractivity contribution < 1.29 is 9.18 Å². The van der Waals surface area contributed by atoms with Gasteiger partial charge >= 0.3 is 0 Å². The van der Waals surface area contributed by atoms with Crippen molar-refractivity contribution in [3.8, 4) is 6.07 Å². The van der Waals surface area contributed by atoms with Crippen molar-refractivity contribution in [3.05, 3.63) is 69.4 Å². The lowest BCUT2D eigenvalue weighted by molar-refractivity contribution is 0.0950. The van der Waals surface area contributed by atoms with Crippen molar-refractivity contribution in [1.29, 1.82) is 5.26 Å². The molecule has 1 N–H and O–H groups in total. The highest BCUT2D eigenvalue weighted by Gasteiger charge is 2.08. The van der Waals surface area contributed by atoms with Crippen LogP contribution in [-0.2, 0) is 6.54 Å². The fourth-order valence-electron chi connectivity index (χ4n) is 1.67. The van der Waals surface area contributed by atoms with Gasteiger partial charge in [0.1, 0.15) is 5.82 Å². The van der Waals surface area contributed by atoms with E-state index < -0.39 is 5.82 Å². The average Bonchev–Trinajstić information content (AvgIpc) is 2.47. The van der Waals surface area contributed by atoms with Crippen LogP contribution in [0.5, 0.6) is 0 Å². The van der Waals surface area contributed by atoms with Crippen LogP contribution in [0.2, 0.25) is 0 Å². The molecule has 0 heterocycles. The van der Waals surface area contributed by atoms with Gasteiger partial charge in [0.15, 0.2) is 0 Å². The van der Waals surface area contributed by atoms with Crippen molar-refractivity contribution in [1.82, 2.24) is 5.32 Å². The normalized spacial score (nSPS) is 9.85. The predicted molar refractivity (Wildman–Crippen MR) is 76.4 cm³/mol. The molecule has 5 heteroatoms. The maximum Gasteiger partial charge on any atom is 0.251 e. The number of nitriles is 1. The predicted octanol–water partition coefficient (Wildman–Crippen LogP) is 3.39. The molecule has 0 aliphatic rings. The topological polar surface area (TPSA) is 52.9 Å². The molecule has 100 valence electrons. The van der Waals surface area contributed by atoms with E-state index in [0.717, 1.165) is 5.56 Å². The number of nitrogens with one attached hydrogen (secondary N) is 1. The van der Waals surface area contributed by atoms with Crippen LogP contribution in [0.1, 0.15) is 21.5 Å². The van der Waals surface area contributed by atoms with Crippen LogP contribution < -0.4 is 5.32 Å². The third-order valence-corrected chi connectivity index (χ3v) is 3.33. The number of amides is 1. The lowest BCUT2D eigenvalue weighted by Crippen LogP contribution is -2.22. The molecule has 2 aromatic rings. The number of hydrogen-bond donors (Lipinski definition) is 1. The van der Waals surface area contributed by atoms with Gasteiger partial charge in [0, 0.05) is 12.1 Å². The van der Waals surface area contributed by atoms with Gasteiger partial charge in [-0.2, -0.15) is 5.26 Å². The molecule has 0 unspecified atom stereocenters. The smallest absolute Gasteiger partial charge is 0.251 e. The van der Waals surface area contributed by atoms with E-state index in [0.29, 0.717) is 10.0 Å². The number of carbonyl (C=O) groups is 1. The first-order valence-corrected chi connectivity index (χ1v) is 6.62. The Hall–Kier alpha value is -2.19. The van der Waals surface area contributed by atoms with Gasteiger partial charge in [-0.25, -0.2) is 4.39 Å². The monoisotopic (exact) mass is 332 g/mol. The quantitative estimate of drug-likeness (QED) is 0.936. The minimum Gasteiger partial charge on any atom is -0.348 e. The molecular formula is C15H10BrFN2O. The van der Waals surface area contributed by atoms with Crippen LogP contribution in [0, 0.1) is 17.1 Å². The molecule has 20 heavy (non-hydrogen) atoms. The van der Waals surface area contributed by atoms with E-state index in [2.05, 4.69) is 21.2 Å². The second-order valence-electron chi connectivity index (χ2n) is 4.12. The number of halogens is 2. The molecule has 0 saturated carbocycles. The second-order valence-corrected chi connectivity index (χ2v) is 4.98. The molecule has 0 fully saturated rings. The fourth-order valence-corrected chi connectivity index (χ4v) is 1.92. The minimum atomic E-state index is -0.482. The Kier molecular flexibility index (Phi) is 4.49. The third-order valence-electron chi connectivity index (χ3n) is 2.69. The molecular weight excluding hydrogens is 323 g/mol. The maximum atomic E-state index is 13.3. The van der Waals surface area contributed by atoms with Gasteiger partial charge in [0.05, 0.1) is 16.1 Å². The summed E-state index contributed by atoms with van der Waals surface area (Å²) in [4.78, 5) is 11.9. The SMILES string of the molecule is N#Cc1cccc(CNC(=O)c2ccc(Br)c(F)c2)c1. The van der Waals surface area contributed by atoms with E-state index in [-0.39, 0.29) is 18.0 Å². The Bertz CT molecular complexity index is 695. The lowest BCUT2D eigenvalue weighted by Gasteiger charge is -2.06. The van der Waals surface area contributed by atoms with E-state index in [1.54, 1.807) is 18.2 Å². The van der Waals surface area contributed by atoms with Crippen molar-refractivity contribution in [3.63, 3.8) is 0 Å². The van der Waals surface area contributed by atoms with Crippen molar-refractivity contribution in [2.75, 3.05) is 0 Å². The molecule has 0 atom stereocenters. The van der Waals surface area contributed by atoms with E-state index >= 15 is 0 Å². The highest BCUT2D eigenvalue weighted by Crippen LogP contribution is 2.16. The summed E-state index contributed by atoms with van der Waals surface area (Å²) < 4.78 is 13.7. The van der Waals surface area contributed by atoms with E-state index in [1.807, 2.05) is 12.1 Å². The number of nitrogens with zero attached hydrogens (tertiary/aromatic N) is 1. The Morgan fingerprint density at radius 1 is 1.30 bits per heavy atom. The van der Waals surface area contributed by atoms with Crippen LogP contribution >= 0.6 is 15.9 Å². The van der Waals surface area contributed by atoms with E-state index in [4.69, 9.17) is 5.26 Å². The van der Waals surface area contributed by atoms with Crippen LogP contribution in [0.3, 0.4) is 0 Å². The molecule has 0 bridgehead atoms. The molecule has 0 aliphatic carbocycles. The molecule has 2 rings (SSSR count). The molecule has 0 aliphatic heterocycles. The Morgan fingerprint density at radius 2 is 2.10 bits per heavy atom. The van der Waals surface area contributed by atoms with Crippen molar-refractivity contribution in [2.45, 2.75) is 6.54 Å². The summed E-state index contributed by atoms with van der Waals surface area (Å²) in [5, 5.41) is 11.5. The Balaban J connectivity index is 2.05. The van der Waals surface area contributed by atoms with Gasteiger partial charge in [-0.15, -0.1) is 0 Å². The summed E-state index contributed by atoms with van der Waals surface area (Å²) >= 11 is 3.03. The highest BCUT2D eigenvalue weighted by molar-refractivity contribution is 9.10. The highest BCUT2D eigenvalue weighted by atomic mass is 79.9. The average molecular weight is 333 g/mol. The van der Waals surface area contributed by atoms with Gasteiger partial charge < -0.3 is 5.32 Å². The number of hydrogen-bond acceptors (Lipinski definition) is 2. The minimum absolute atomic E-state index is 0.252. The lowest BCUT2D eigenvalue weighted by atomic mass is 10.1. The fraction of sp³-hybridized carbons (Fsp3) is 0.0667. The number of rotatable bonds is 3. The van der Waals surface area contributed by atoms with E-state index in [1.165, 1.54) is 18.2 Å². The van der Waals surface area contributed by atoms with Crippen LogP contribution in [-0.4, -0.2) is 5.91 Å². The Morgan fingerprint density at radius 3 is 2.80 bits per heavy atom. The first-order valence-electron chi connectivity index (χ1n) is 5.82. The molecule has 0 saturated heterocycles. The number of benzene rings is 2. The second kappa shape index (κ2) is 6.31. The largest absolute Gasteiger partial charge is 0.348 e. The van der Waals surface area contributed by atoms with Gasteiger partial charge in [0.2, 0.25) is 0 Å². The zero-order valence-electron chi connectivity index (χ0n) is 10.4.